The number of aryl methyl sites for hydroxylation is 1. The summed E-state index contributed by atoms with van der Waals surface area (Å²) in [7, 11) is 0. The van der Waals surface area contributed by atoms with Crippen LogP contribution in [0.4, 0.5) is 0 Å². The van der Waals surface area contributed by atoms with Crippen LogP contribution in [0, 0.1) is 6.92 Å². The number of rotatable bonds is 2. The predicted octanol–water partition coefficient (Wildman–Crippen LogP) is 7.70. The average Bonchev–Trinajstić information content (AvgIpc) is 3.04. The van der Waals surface area contributed by atoms with Crippen LogP contribution in [0.15, 0.2) is 66.9 Å². The van der Waals surface area contributed by atoms with E-state index in [1.807, 2.05) is 17.5 Å². The zero-order valence-electron chi connectivity index (χ0n) is 15.8. The molecule has 0 radical (unpaired) electrons. The van der Waals surface area contributed by atoms with Crippen molar-refractivity contribution in [1.82, 2.24) is 4.98 Å². The fourth-order valence-electron chi connectivity index (χ4n) is 3.97. The largest absolute Gasteiger partial charge is 0.255 e. The van der Waals surface area contributed by atoms with Gasteiger partial charge in [-0.1, -0.05) is 50.2 Å². The van der Waals surface area contributed by atoms with Gasteiger partial charge < -0.3 is 0 Å². The minimum atomic E-state index is 0.471. The highest BCUT2D eigenvalue weighted by Gasteiger charge is 2.14. The van der Waals surface area contributed by atoms with Crippen LogP contribution in [0.25, 0.3) is 42.2 Å². The molecular formula is C25H21NS. The summed E-state index contributed by atoms with van der Waals surface area (Å²) in [4.78, 5) is 4.81. The first-order valence-electron chi connectivity index (χ1n) is 9.43. The van der Waals surface area contributed by atoms with Gasteiger partial charge in [-0.15, -0.1) is 11.3 Å². The smallest absolute Gasteiger partial charge is 0.0880 e. The zero-order chi connectivity index (χ0) is 18.5. The second-order valence-corrected chi connectivity index (χ2v) is 8.63. The standard InChI is InChI=1S/C25H21NS/c1-15(2)22-14-18(13-17-6-4-5-7-19(17)22)24-25-21(10-11-26-24)20-9-8-16(3)12-23(20)27-25/h4-15H,1-3H3. The van der Waals surface area contributed by atoms with E-state index in [1.165, 1.54) is 47.6 Å². The monoisotopic (exact) mass is 367 g/mol. The van der Waals surface area contributed by atoms with Gasteiger partial charge in [0.15, 0.2) is 0 Å². The second-order valence-electron chi connectivity index (χ2n) is 7.58. The summed E-state index contributed by atoms with van der Waals surface area (Å²) in [6.07, 6.45) is 1.95. The van der Waals surface area contributed by atoms with Crippen LogP contribution in [0.2, 0.25) is 0 Å². The van der Waals surface area contributed by atoms with E-state index in [1.54, 1.807) is 0 Å². The Bertz CT molecular complexity index is 1310. The molecule has 0 N–H and O–H groups in total. The van der Waals surface area contributed by atoms with Crippen molar-refractivity contribution in [2.45, 2.75) is 26.7 Å². The molecular weight excluding hydrogens is 346 g/mol. The topological polar surface area (TPSA) is 12.9 Å². The number of aromatic nitrogens is 1. The Morgan fingerprint density at radius 1 is 0.852 bits per heavy atom. The highest BCUT2D eigenvalue weighted by Crippen LogP contribution is 2.40. The number of benzene rings is 3. The zero-order valence-corrected chi connectivity index (χ0v) is 16.6. The maximum atomic E-state index is 4.81. The van der Waals surface area contributed by atoms with E-state index < -0.39 is 0 Å². The summed E-state index contributed by atoms with van der Waals surface area (Å²) >= 11 is 1.85. The van der Waals surface area contributed by atoms with Crippen molar-refractivity contribution in [3.63, 3.8) is 0 Å². The number of fused-ring (bicyclic) bond motifs is 4. The molecule has 5 aromatic rings. The summed E-state index contributed by atoms with van der Waals surface area (Å²) in [5.74, 6) is 0.471. The van der Waals surface area contributed by atoms with E-state index in [-0.39, 0.29) is 0 Å². The third-order valence-electron chi connectivity index (χ3n) is 5.33. The number of hydrogen-bond acceptors (Lipinski definition) is 2. The second kappa shape index (κ2) is 6.17. The van der Waals surface area contributed by atoms with Gasteiger partial charge in [0.1, 0.15) is 0 Å². The molecule has 0 saturated heterocycles. The van der Waals surface area contributed by atoms with Crippen molar-refractivity contribution >= 4 is 42.3 Å². The Morgan fingerprint density at radius 2 is 1.70 bits per heavy atom. The van der Waals surface area contributed by atoms with Crippen LogP contribution in [0.1, 0.15) is 30.9 Å². The van der Waals surface area contributed by atoms with E-state index in [9.17, 15) is 0 Å². The molecule has 0 aliphatic rings. The molecule has 2 aromatic heterocycles. The Hall–Kier alpha value is -2.71. The summed E-state index contributed by atoms with van der Waals surface area (Å²) < 4.78 is 2.62. The number of nitrogens with zero attached hydrogens (tertiary/aromatic N) is 1. The maximum absolute atomic E-state index is 4.81. The van der Waals surface area contributed by atoms with E-state index in [0.29, 0.717) is 5.92 Å². The molecule has 0 fully saturated rings. The van der Waals surface area contributed by atoms with Crippen molar-refractivity contribution in [1.29, 1.82) is 0 Å². The highest BCUT2D eigenvalue weighted by atomic mass is 32.1. The van der Waals surface area contributed by atoms with Crippen LogP contribution in [0.5, 0.6) is 0 Å². The molecule has 0 spiro atoms. The van der Waals surface area contributed by atoms with Crippen molar-refractivity contribution < 1.29 is 0 Å². The van der Waals surface area contributed by atoms with Gasteiger partial charge in [-0.2, -0.15) is 0 Å². The number of hydrogen-bond donors (Lipinski definition) is 0. The summed E-state index contributed by atoms with van der Waals surface area (Å²) in [5, 5.41) is 5.26. The van der Waals surface area contributed by atoms with Crippen molar-refractivity contribution in [3.05, 3.63) is 78.0 Å². The Morgan fingerprint density at radius 3 is 2.56 bits per heavy atom. The van der Waals surface area contributed by atoms with E-state index in [2.05, 4.69) is 81.4 Å². The molecule has 2 heteroatoms. The van der Waals surface area contributed by atoms with Gasteiger partial charge in [-0.25, -0.2) is 0 Å². The lowest BCUT2D eigenvalue weighted by Gasteiger charge is -2.13. The van der Waals surface area contributed by atoms with Crippen molar-refractivity contribution in [2.24, 2.45) is 0 Å². The lowest BCUT2D eigenvalue weighted by Crippen LogP contribution is -1.92. The number of thiophene rings is 1. The molecule has 0 atom stereocenters. The molecule has 0 aliphatic carbocycles. The first-order valence-corrected chi connectivity index (χ1v) is 10.2. The SMILES string of the molecule is Cc1ccc2c(c1)sc1c(-c3cc(C(C)C)c4ccccc4c3)nccc12. The first-order chi connectivity index (χ1) is 13.1. The van der Waals surface area contributed by atoms with Gasteiger partial charge >= 0.3 is 0 Å². The molecule has 27 heavy (non-hydrogen) atoms. The fraction of sp³-hybridized carbons (Fsp3) is 0.160. The Kier molecular flexibility index (Phi) is 3.76. The molecule has 132 valence electrons. The van der Waals surface area contributed by atoms with Crippen LogP contribution >= 0.6 is 11.3 Å². The molecule has 0 saturated carbocycles. The predicted molar refractivity (Wildman–Crippen MR) is 119 cm³/mol. The molecule has 0 unspecified atom stereocenters. The van der Waals surface area contributed by atoms with Crippen molar-refractivity contribution in [3.8, 4) is 11.3 Å². The maximum Gasteiger partial charge on any atom is 0.0880 e. The van der Waals surface area contributed by atoms with Gasteiger partial charge in [0.05, 0.1) is 10.4 Å². The van der Waals surface area contributed by atoms with E-state index in [0.717, 1.165) is 5.69 Å². The van der Waals surface area contributed by atoms with Gasteiger partial charge in [0.25, 0.3) is 0 Å². The van der Waals surface area contributed by atoms with E-state index in [4.69, 9.17) is 4.98 Å². The van der Waals surface area contributed by atoms with Crippen LogP contribution in [-0.4, -0.2) is 4.98 Å². The van der Waals surface area contributed by atoms with E-state index >= 15 is 0 Å². The molecule has 0 bridgehead atoms. The quantitative estimate of drug-likeness (QED) is 0.311. The number of pyridine rings is 1. The third kappa shape index (κ3) is 2.64. The molecule has 1 nitrogen and oxygen atoms in total. The lowest BCUT2D eigenvalue weighted by molar-refractivity contribution is 0.876. The molecule has 3 aromatic carbocycles. The Labute approximate surface area is 163 Å². The van der Waals surface area contributed by atoms with Crippen LogP contribution < -0.4 is 0 Å². The van der Waals surface area contributed by atoms with Crippen LogP contribution in [-0.2, 0) is 0 Å². The van der Waals surface area contributed by atoms with Gasteiger partial charge in [-0.05, 0) is 59.0 Å². The highest BCUT2D eigenvalue weighted by molar-refractivity contribution is 7.26. The summed E-state index contributed by atoms with van der Waals surface area (Å²) in [5.41, 5.74) is 5.00. The first kappa shape index (κ1) is 16.5. The minimum absolute atomic E-state index is 0.471. The summed E-state index contributed by atoms with van der Waals surface area (Å²) in [6, 6.07) is 22.2. The van der Waals surface area contributed by atoms with Gasteiger partial charge in [-0.3, -0.25) is 4.98 Å². The Balaban J connectivity index is 1.84. The fourth-order valence-corrected chi connectivity index (χ4v) is 5.28. The lowest BCUT2D eigenvalue weighted by atomic mass is 9.92. The molecule has 2 heterocycles. The van der Waals surface area contributed by atoms with Crippen molar-refractivity contribution in [2.75, 3.05) is 0 Å². The molecule has 0 amide bonds. The average molecular weight is 368 g/mol. The van der Waals surface area contributed by atoms with Gasteiger partial charge in [0, 0.05) is 27.2 Å². The molecule has 0 aliphatic heterocycles. The van der Waals surface area contributed by atoms with Crippen LogP contribution in [0.3, 0.4) is 0 Å². The molecule has 5 rings (SSSR count). The normalized spacial score (nSPS) is 11.9. The third-order valence-corrected chi connectivity index (χ3v) is 6.51. The van der Waals surface area contributed by atoms with Gasteiger partial charge in [0.2, 0.25) is 0 Å². The minimum Gasteiger partial charge on any atom is -0.255 e. The summed E-state index contributed by atoms with van der Waals surface area (Å²) in [6.45, 7) is 6.69.